The average Bonchev–Trinajstić information content (AvgIpc) is 3.67. The average molecular weight is 759 g/mol. The van der Waals surface area contributed by atoms with Crippen molar-refractivity contribution in [1.82, 2.24) is 29.5 Å². The number of amides is 1. The molecule has 2 aliphatic carbocycles. The Morgan fingerprint density at radius 2 is 1.89 bits per heavy atom. The van der Waals surface area contributed by atoms with Crippen LogP contribution < -0.4 is 5.32 Å². The van der Waals surface area contributed by atoms with Gasteiger partial charge in [-0.2, -0.15) is 10.4 Å². The van der Waals surface area contributed by atoms with Crippen LogP contribution in [0.15, 0.2) is 73.1 Å². The highest BCUT2D eigenvalue weighted by molar-refractivity contribution is 6.43. The minimum absolute atomic E-state index is 0.00569. The van der Waals surface area contributed by atoms with Gasteiger partial charge in [-0.1, -0.05) is 65.7 Å². The smallest absolute Gasteiger partial charge is 0.226 e. The van der Waals surface area contributed by atoms with Crippen molar-refractivity contribution in [2.24, 2.45) is 11.8 Å². The predicted molar refractivity (Wildman–Crippen MR) is 209 cm³/mol. The Morgan fingerprint density at radius 1 is 1.06 bits per heavy atom. The van der Waals surface area contributed by atoms with Gasteiger partial charge in [0.2, 0.25) is 5.91 Å². The van der Waals surface area contributed by atoms with E-state index in [0.29, 0.717) is 52.4 Å². The van der Waals surface area contributed by atoms with Crippen molar-refractivity contribution in [2.45, 2.75) is 69.6 Å². The molecule has 2 saturated carbocycles. The van der Waals surface area contributed by atoms with E-state index in [4.69, 9.17) is 33.3 Å². The summed E-state index contributed by atoms with van der Waals surface area (Å²) in [6.07, 6.45) is 8.20. The zero-order valence-electron chi connectivity index (χ0n) is 29.8. The number of hydrogen-bond acceptors (Lipinski definition) is 5. The fourth-order valence-electron chi connectivity index (χ4n) is 9.51. The first-order chi connectivity index (χ1) is 26.3. The second-order valence-corrected chi connectivity index (χ2v) is 16.3. The molecule has 3 saturated heterocycles. The fourth-order valence-corrected chi connectivity index (χ4v) is 9.91. The van der Waals surface area contributed by atoms with Gasteiger partial charge in [-0.15, -0.1) is 0 Å². The number of carbonyl (C=O) groups is 1. The van der Waals surface area contributed by atoms with Crippen molar-refractivity contribution in [3.8, 4) is 28.3 Å². The molecular formula is C43H38Cl2FN7O. The summed E-state index contributed by atoms with van der Waals surface area (Å²) in [7, 11) is 0. The number of fused-ring (bicyclic) bond motifs is 4. The van der Waals surface area contributed by atoms with Crippen LogP contribution in [-0.4, -0.2) is 49.3 Å². The second kappa shape index (κ2) is 12.9. The zero-order chi connectivity index (χ0) is 36.8. The maximum absolute atomic E-state index is 17.3. The molecule has 0 radical (unpaired) electrons. The Kier molecular flexibility index (Phi) is 8.10. The van der Waals surface area contributed by atoms with Crippen molar-refractivity contribution >= 4 is 50.9 Å². The molecule has 1 amide bonds. The third-order valence-electron chi connectivity index (χ3n) is 12.3. The van der Waals surface area contributed by atoms with E-state index in [2.05, 4.69) is 45.2 Å². The van der Waals surface area contributed by atoms with E-state index in [0.717, 1.165) is 59.2 Å². The number of nitrogens with zero attached hydrogens (tertiary/aromatic N) is 6. The highest BCUT2D eigenvalue weighted by Crippen LogP contribution is 2.52. The topological polar surface area (TPSA) is 91.8 Å². The van der Waals surface area contributed by atoms with Crippen LogP contribution in [0.4, 0.5) is 4.39 Å². The van der Waals surface area contributed by atoms with Gasteiger partial charge in [-0.3, -0.25) is 9.48 Å². The Balaban J connectivity index is 1.17. The normalized spacial score (nSPS) is 23.3. The van der Waals surface area contributed by atoms with Gasteiger partial charge in [-0.25, -0.2) is 9.37 Å². The Morgan fingerprint density at radius 3 is 2.63 bits per heavy atom. The quantitative estimate of drug-likeness (QED) is 0.167. The maximum Gasteiger partial charge on any atom is 0.226 e. The highest BCUT2D eigenvalue weighted by Gasteiger charge is 2.51. The number of likely N-dealkylation sites (tertiary alicyclic amines) is 1. The van der Waals surface area contributed by atoms with E-state index in [1.807, 2.05) is 42.1 Å². The molecule has 6 aromatic rings. The van der Waals surface area contributed by atoms with Crippen LogP contribution in [0.2, 0.25) is 10.0 Å². The SMILES string of the molecule is Cc1nc2c(F)c(-c3cccc(Cl)c3Cl)c(CCC#N)cc2c2c1cc([C@H]1C[C@H](n3cc(-c4ccccc4)cn3)CN1C(=O)C1CC1)n2[C@H]1[C@H]2CN[C@@H]1C2. The molecule has 5 fully saturated rings. The molecule has 0 unspecified atom stereocenters. The summed E-state index contributed by atoms with van der Waals surface area (Å²) >= 11 is 13.2. The number of nitrogens with one attached hydrogen (secondary N) is 1. The van der Waals surface area contributed by atoms with E-state index in [-0.39, 0.29) is 53.0 Å². The van der Waals surface area contributed by atoms with Gasteiger partial charge in [0.05, 0.1) is 46.0 Å². The molecule has 0 spiro atoms. The molecule has 3 aromatic heterocycles. The number of aryl methyl sites for hydroxylation is 2. The molecule has 2 bridgehead atoms. The van der Waals surface area contributed by atoms with Crippen molar-refractivity contribution in [1.29, 1.82) is 5.26 Å². The molecule has 5 atom stereocenters. The summed E-state index contributed by atoms with van der Waals surface area (Å²) in [4.78, 5) is 21.2. The minimum Gasteiger partial charge on any atom is -0.337 e. The van der Waals surface area contributed by atoms with Gasteiger partial charge >= 0.3 is 0 Å². The van der Waals surface area contributed by atoms with Crippen LogP contribution in [0.25, 0.3) is 44.1 Å². The van der Waals surface area contributed by atoms with E-state index in [1.165, 1.54) is 0 Å². The summed E-state index contributed by atoms with van der Waals surface area (Å²) in [6.45, 7) is 3.43. The van der Waals surface area contributed by atoms with E-state index in [1.54, 1.807) is 18.2 Å². The highest BCUT2D eigenvalue weighted by atomic mass is 35.5. The molecule has 11 heteroatoms. The van der Waals surface area contributed by atoms with Crippen LogP contribution in [-0.2, 0) is 11.2 Å². The lowest BCUT2D eigenvalue weighted by Crippen LogP contribution is -2.41. The maximum atomic E-state index is 17.3. The number of aromatic nitrogens is 4. The Hall–Kier alpha value is -4.75. The van der Waals surface area contributed by atoms with Crippen molar-refractivity contribution in [2.75, 3.05) is 13.1 Å². The molecule has 8 nitrogen and oxygen atoms in total. The lowest BCUT2D eigenvalue weighted by molar-refractivity contribution is -0.133. The molecule has 6 heterocycles. The number of benzene rings is 3. The van der Waals surface area contributed by atoms with Crippen molar-refractivity contribution < 1.29 is 9.18 Å². The Bertz CT molecular complexity index is 2520. The minimum atomic E-state index is -0.474. The summed E-state index contributed by atoms with van der Waals surface area (Å²) in [6, 6.07) is 22.2. The molecule has 54 heavy (non-hydrogen) atoms. The van der Waals surface area contributed by atoms with Crippen LogP contribution in [0.5, 0.6) is 0 Å². The van der Waals surface area contributed by atoms with Gasteiger partial charge in [0.25, 0.3) is 0 Å². The molecular weight excluding hydrogens is 720 g/mol. The van der Waals surface area contributed by atoms with Crippen molar-refractivity contribution in [3.05, 3.63) is 106 Å². The molecule has 3 aliphatic heterocycles. The van der Waals surface area contributed by atoms with Gasteiger partial charge in [0, 0.05) is 76.5 Å². The number of pyridine rings is 1. The summed E-state index contributed by atoms with van der Waals surface area (Å²) in [5.41, 5.74) is 6.63. The Labute approximate surface area is 322 Å². The second-order valence-electron chi connectivity index (χ2n) is 15.5. The van der Waals surface area contributed by atoms with E-state index >= 15 is 4.39 Å². The van der Waals surface area contributed by atoms with Gasteiger partial charge in [0.15, 0.2) is 5.82 Å². The predicted octanol–water partition coefficient (Wildman–Crippen LogP) is 9.39. The van der Waals surface area contributed by atoms with Crippen LogP contribution in [0.3, 0.4) is 0 Å². The monoisotopic (exact) mass is 757 g/mol. The number of nitriles is 1. The number of rotatable bonds is 8. The third-order valence-corrected chi connectivity index (χ3v) is 13.2. The molecule has 272 valence electrons. The number of carbonyl (C=O) groups excluding carboxylic acids is 1. The number of hydrogen-bond donors (Lipinski definition) is 1. The summed E-state index contributed by atoms with van der Waals surface area (Å²) in [5.74, 6) is 0.209. The molecule has 3 aromatic carbocycles. The van der Waals surface area contributed by atoms with Gasteiger partial charge < -0.3 is 14.8 Å². The largest absolute Gasteiger partial charge is 0.337 e. The summed E-state index contributed by atoms with van der Waals surface area (Å²) in [5, 5.41) is 20.5. The lowest BCUT2D eigenvalue weighted by Gasteiger charge is -2.39. The first-order valence-electron chi connectivity index (χ1n) is 18.9. The van der Waals surface area contributed by atoms with E-state index < -0.39 is 5.82 Å². The third kappa shape index (κ3) is 5.29. The standard InChI is InChI=1S/C43H38Cl2FN7O/c1-23-31-18-36(35-17-29(22-51(35)43(54)25-12-13-25)52-21-28(20-49-52)24-7-3-2-4-8-24)53(41-27-16-34(41)48-19-27)42(31)32-15-26(9-6-14-47)37(39(46)40(32)50-23)30-10-5-11-33(44)38(30)45/h2-5,7-8,10-11,15,18,20-21,25,27,29,34-35,41,48H,6,9,12-13,16-17,19,22H2,1H3/t27-,29+,34-,35-,41+/m1/s1. The molecule has 11 rings (SSSR count). The van der Waals surface area contributed by atoms with Crippen LogP contribution in [0.1, 0.15) is 67.2 Å². The molecule has 1 N–H and O–H groups in total. The van der Waals surface area contributed by atoms with Gasteiger partial charge in [0.1, 0.15) is 5.52 Å². The first kappa shape index (κ1) is 33.8. The number of halogens is 3. The molecule has 5 aliphatic rings. The van der Waals surface area contributed by atoms with Crippen LogP contribution in [0, 0.1) is 35.9 Å². The van der Waals surface area contributed by atoms with Crippen molar-refractivity contribution in [3.63, 3.8) is 0 Å². The fraction of sp³-hybridized carbons (Fsp3) is 0.349. The van der Waals surface area contributed by atoms with Crippen LogP contribution >= 0.6 is 23.2 Å². The first-order valence-corrected chi connectivity index (χ1v) is 19.7. The van der Waals surface area contributed by atoms with E-state index in [9.17, 15) is 10.1 Å². The summed E-state index contributed by atoms with van der Waals surface area (Å²) < 4.78 is 21.7. The van der Waals surface area contributed by atoms with Gasteiger partial charge in [-0.05, 0) is 74.3 Å². The zero-order valence-corrected chi connectivity index (χ0v) is 31.3. The lowest BCUT2D eigenvalue weighted by atomic mass is 9.79.